The van der Waals surface area contributed by atoms with Gasteiger partial charge in [0.15, 0.2) is 0 Å². The first kappa shape index (κ1) is 12.3. The summed E-state index contributed by atoms with van der Waals surface area (Å²) < 4.78 is 0.862. The minimum absolute atomic E-state index is 0.462. The van der Waals surface area contributed by atoms with Crippen LogP contribution >= 0.6 is 15.9 Å². The predicted octanol–water partition coefficient (Wildman–Crippen LogP) is 2.45. The molecule has 0 aliphatic carbocycles. The van der Waals surface area contributed by atoms with Crippen LogP contribution in [0.5, 0.6) is 0 Å². The van der Waals surface area contributed by atoms with Crippen molar-refractivity contribution >= 4 is 38.6 Å². The first-order valence-electron chi connectivity index (χ1n) is 6.06. The number of pyridine rings is 2. The number of aliphatic carboxylic acids is 1. The molecule has 1 fully saturated rings. The molecule has 0 saturated carbocycles. The molecule has 1 atom stereocenters. The van der Waals surface area contributed by atoms with Crippen LogP contribution in [-0.2, 0) is 4.79 Å². The summed E-state index contributed by atoms with van der Waals surface area (Å²) >= 11 is 3.37. The third-order valence-electron chi connectivity index (χ3n) is 3.37. The van der Waals surface area contributed by atoms with Crippen molar-refractivity contribution in [2.24, 2.45) is 0 Å². The second-order valence-electron chi connectivity index (χ2n) is 4.54. The molecule has 0 aromatic carbocycles. The van der Waals surface area contributed by atoms with E-state index in [-0.39, 0.29) is 0 Å². The lowest BCUT2D eigenvalue weighted by atomic mass is 10.2. The number of anilines is 1. The van der Waals surface area contributed by atoms with Crippen molar-refractivity contribution in [2.45, 2.75) is 18.9 Å². The SMILES string of the molecule is O=C(O)[C@H]1CCCN1c1ccnc2cc(Br)cnc12. The van der Waals surface area contributed by atoms with E-state index in [0.29, 0.717) is 6.42 Å². The van der Waals surface area contributed by atoms with E-state index in [9.17, 15) is 9.90 Å². The average molecular weight is 322 g/mol. The lowest BCUT2D eigenvalue weighted by molar-refractivity contribution is -0.138. The Labute approximate surface area is 118 Å². The van der Waals surface area contributed by atoms with Gasteiger partial charge in [-0.15, -0.1) is 0 Å². The van der Waals surface area contributed by atoms with Crippen LogP contribution in [0.1, 0.15) is 12.8 Å². The Hall–Kier alpha value is -1.69. The summed E-state index contributed by atoms with van der Waals surface area (Å²) in [4.78, 5) is 21.9. The van der Waals surface area contributed by atoms with Gasteiger partial charge in [0.1, 0.15) is 11.6 Å². The summed E-state index contributed by atoms with van der Waals surface area (Å²) in [5.41, 5.74) is 2.36. The van der Waals surface area contributed by atoms with Crippen molar-refractivity contribution in [3.63, 3.8) is 0 Å². The summed E-state index contributed by atoms with van der Waals surface area (Å²) in [5.74, 6) is -0.778. The molecule has 1 aliphatic rings. The molecule has 3 rings (SSSR count). The summed E-state index contributed by atoms with van der Waals surface area (Å²) in [6.07, 6.45) is 4.97. The van der Waals surface area contributed by atoms with Gasteiger partial charge in [-0.25, -0.2) is 4.79 Å². The zero-order valence-corrected chi connectivity index (χ0v) is 11.7. The van der Waals surface area contributed by atoms with E-state index in [1.807, 2.05) is 17.0 Å². The normalized spacial score (nSPS) is 19.0. The van der Waals surface area contributed by atoms with Crippen molar-refractivity contribution < 1.29 is 9.90 Å². The number of halogens is 1. The van der Waals surface area contributed by atoms with Crippen molar-refractivity contribution in [3.8, 4) is 0 Å². The van der Waals surface area contributed by atoms with Crippen LogP contribution in [0.3, 0.4) is 0 Å². The Bertz CT molecular complexity index is 647. The monoisotopic (exact) mass is 321 g/mol. The summed E-state index contributed by atoms with van der Waals surface area (Å²) in [6.45, 7) is 0.744. The summed E-state index contributed by atoms with van der Waals surface area (Å²) in [7, 11) is 0. The minimum atomic E-state index is -0.778. The minimum Gasteiger partial charge on any atom is -0.480 e. The van der Waals surface area contributed by atoms with Crippen LogP contribution in [0.2, 0.25) is 0 Å². The second-order valence-corrected chi connectivity index (χ2v) is 5.46. The van der Waals surface area contributed by atoms with Gasteiger partial charge in [0.2, 0.25) is 0 Å². The third-order valence-corrected chi connectivity index (χ3v) is 3.80. The third kappa shape index (κ3) is 2.16. The van der Waals surface area contributed by atoms with Crippen molar-refractivity contribution in [2.75, 3.05) is 11.4 Å². The number of fused-ring (bicyclic) bond motifs is 1. The highest BCUT2D eigenvalue weighted by Crippen LogP contribution is 2.31. The Morgan fingerprint density at radius 1 is 1.47 bits per heavy atom. The van der Waals surface area contributed by atoms with E-state index < -0.39 is 12.0 Å². The molecule has 6 heteroatoms. The maximum absolute atomic E-state index is 11.3. The molecule has 0 unspecified atom stereocenters. The van der Waals surface area contributed by atoms with Gasteiger partial charge in [-0.3, -0.25) is 9.97 Å². The quantitative estimate of drug-likeness (QED) is 0.920. The van der Waals surface area contributed by atoms with Crippen molar-refractivity contribution in [3.05, 3.63) is 29.0 Å². The van der Waals surface area contributed by atoms with Gasteiger partial charge >= 0.3 is 5.97 Å². The molecule has 0 spiro atoms. The van der Waals surface area contributed by atoms with Crippen LogP contribution in [0.15, 0.2) is 29.0 Å². The molecule has 3 heterocycles. The van der Waals surface area contributed by atoms with Crippen LogP contribution in [0, 0.1) is 0 Å². The molecule has 19 heavy (non-hydrogen) atoms. The molecule has 1 saturated heterocycles. The highest BCUT2D eigenvalue weighted by molar-refractivity contribution is 9.10. The summed E-state index contributed by atoms with van der Waals surface area (Å²) in [6, 6.07) is 3.26. The summed E-state index contributed by atoms with van der Waals surface area (Å²) in [5, 5.41) is 9.28. The number of hydrogen-bond donors (Lipinski definition) is 1. The Balaban J connectivity index is 2.12. The van der Waals surface area contributed by atoms with E-state index in [2.05, 4.69) is 25.9 Å². The zero-order chi connectivity index (χ0) is 13.4. The molecule has 5 nitrogen and oxygen atoms in total. The lowest BCUT2D eigenvalue weighted by Crippen LogP contribution is -2.36. The number of hydrogen-bond acceptors (Lipinski definition) is 4. The van der Waals surface area contributed by atoms with E-state index >= 15 is 0 Å². The predicted molar refractivity (Wildman–Crippen MR) is 75.2 cm³/mol. The van der Waals surface area contributed by atoms with Crippen LogP contribution in [-0.4, -0.2) is 33.6 Å². The Morgan fingerprint density at radius 3 is 3.11 bits per heavy atom. The highest BCUT2D eigenvalue weighted by atomic mass is 79.9. The standard InChI is InChI=1S/C13H12BrN3O2/c14-8-6-9-12(16-7-8)10(3-4-15-9)17-5-1-2-11(17)13(18)19/h3-4,6-7,11H,1-2,5H2,(H,18,19)/t11-/m1/s1. The fraction of sp³-hybridized carbons (Fsp3) is 0.308. The van der Waals surface area contributed by atoms with Crippen LogP contribution < -0.4 is 4.90 Å². The van der Waals surface area contributed by atoms with Gasteiger partial charge in [-0.1, -0.05) is 0 Å². The van der Waals surface area contributed by atoms with Gasteiger partial charge in [0, 0.05) is 23.4 Å². The number of carbonyl (C=O) groups is 1. The molecule has 1 aliphatic heterocycles. The van der Waals surface area contributed by atoms with Gasteiger partial charge in [-0.2, -0.15) is 0 Å². The maximum atomic E-state index is 11.3. The molecule has 1 N–H and O–H groups in total. The highest BCUT2D eigenvalue weighted by Gasteiger charge is 2.31. The average Bonchev–Trinajstić information content (AvgIpc) is 2.86. The van der Waals surface area contributed by atoms with Crippen molar-refractivity contribution in [1.82, 2.24) is 9.97 Å². The van der Waals surface area contributed by atoms with Crippen molar-refractivity contribution in [1.29, 1.82) is 0 Å². The number of carboxylic acid groups (broad SMARTS) is 1. The molecule has 0 radical (unpaired) electrons. The topological polar surface area (TPSA) is 66.3 Å². The van der Waals surface area contributed by atoms with E-state index in [4.69, 9.17) is 0 Å². The number of carboxylic acids is 1. The largest absolute Gasteiger partial charge is 0.480 e. The van der Waals surface area contributed by atoms with Crippen LogP contribution in [0.4, 0.5) is 5.69 Å². The second kappa shape index (κ2) is 4.77. The molecular weight excluding hydrogens is 310 g/mol. The van der Waals surface area contributed by atoms with Gasteiger partial charge in [-0.05, 0) is 40.9 Å². The molecule has 2 aromatic heterocycles. The molecule has 0 bridgehead atoms. The van der Waals surface area contributed by atoms with Gasteiger partial charge < -0.3 is 10.0 Å². The molecule has 2 aromatic rings. The Kier molecular flexibility index (Phi) is 3.10. The van der Waals surface area contributed by atoms with Gasteiger partial charge in [0.05, 0.1) is 11.2 Å². The van der Waals surface area contributed by atoms with E-state index in [1.54, 1.807) is 12.4 Å². The maximum Gasteiger partial charge on any atom is 0.326 e. The van der Waals surface area contributed by atoms with E-state index in [1.165, 1.54) is 0 Å². The fourth-order valence-corrected chi connectivity index (χ4v) is 2.85. The molecular formula is C13H12BrN3O2. The number of aromatic nitrogens is 2. The molecule has 98 valence electrons. The molecule has 0 amide bonds. The van der Waals surface area contributed by atoms with E-state index in [0.717, 1.165) is 34.2 Å². The van der Waals surface area contributed by atoms with Crippen LogP contribution in [0.25, 0.3) is 11.0 Å². The lowest BCUT2D eigenvalue weighted by Gasteiger charge is -2.24. The smallest absolute Gasteiger partial charge is 0.326 e. The first-order chi connectivity index (χ1) is 9.16. The fourth-order valence-electron chi connectivity index (χ4n) is 2.54. The first-order valence-corrected chi connectivity index (χ1v) is 6.86. The zero-order valence-electron chi connectivity index (χ0n) is 10.1. The number of rotatable bonds is 2. The Morgan fingerprint density at radius 2 is 2.32 bits per heavy atom. The number of nitrogens with zero attached hydrogens (tertiary/aromatic N) is 3. The van der Waals surface area contributed by atoms with Gasteiger partial charge in [0.25, 0.3) is 0 Å².